The van der Waals surface area contributed by atoms with Crippen molar-refractivity contribution in [2.24, 2.45) is 13.0 Å². The second kappa shape index (κ2) is 7.24. The maximum absolute atomic E-state index is 13.9. The van der Waals surface area contributed by atoms with Crippen molar-refractivity contribution in [3.63, 3.8) is 0 Å². The molecule has 2 aromatic carbocycles. The molecular weight excluding hydrogens is 361 g/mol. The number of rotatable bonds is 5. The van der Waals surface area contributed by atoms with Crippen molar-refractivity contribution >= 4 is 16.9 Å². The number of aliphatic hydroxyl groups excluding tert-OH is 1. The Labute approximate surface area is 162 Å². The molecule has 1 atom stereocenters. The number of ether oxygens (including phenoxy) is 1. The summed E-state index contributed by atoms with van der Waals surface area (Å²) in [7, 11) is 3.41. The number of imidazole rings is 1. The van der Waals surface area contributed by atoms with Gasteiger partial charge in [-0.1, -0.05) is 0 Å². The molecule has 146 valence electrons. The molecule has 0 spiro atoms. The number of aliphatic hydroxyl groups is 1. The van der Waals surface area contributed by atoms with Crippen molar-refractivity contribution in [3.05, 3.63) is 59.7 Å². The number of halogens is 1. The van der Waals surface area contributed by atoms with Crippen molar-refractivity contribution in [2.75, 3.05) is 7.11 Å². The molecule has 2 N–H and O–H groups in total. The smallest absolute Gasteiger partial charge is 0.251 e. The van der Waals surface area contributed by atoms with E-state index >= 15 is 0 Å². The number of carbonyl (C=O) groups is 1. The highest BCUT2D eigenvalue weighted by Gasteiger charge is 2.37. The Morgan fingerprint density at radius 2 is 2.11 bits per heavy atom. The fourth-order valence-corrected chi connectivity index (χ4v) is 3.80. The Morgan fingerprint density at radius 3 is 2.82 bits per heavy atom. The molecule has 1 saturated carbocycles. The molecule has 1 aliphatic carbocycles. The topological polar surface area (TPSA) is 76.4 Å². The van der Waals surface area contributed by atoms with Crippen LogP contribution in [0.15, 0.2) is 42.7 Å². The van der Waals surface area contributed by atoms with Crippen LogP contribution in [-0.4, -0.2) is 33.8 Å². The van der Waals surface area contributed by atoms with Crippen molar-refractivity contribution in [1.29, 1.82) is 0 Å². The van der Waals surface area contributed by atoms with Gasteiger partial charge in [0, 0.05) is 18.2 Å². The first-order valence-electron chi connectivity index (χ1n) is 9.19. The number of methoxy groups -OCH3 is 1. The van der Waals surface area contributed by atoms with Crippen LogP contribution >= 0.6 is 0 Å². The fraction of sp³-hybridized carbons (Fsp3) is 0.333. The van der Waals surface area contributed by atoms with Crippen LogP contribution in [0.5, 0.6) is 5.75 Å². The number of aromatic nitrogens is 2. The van der Waals surface area contributed by atoms with Gasteiger partial charge in [0.05, 0.1) is 36.6 Å². The zero-order valence-corrected chi connectivity index (χ0v) is 15.7. The molecule has 0 unspecified atom stereocenters. The maximum atomic E-state index is 13.9. The number of aryl methyl sites for hydroxylation is 1. The first-order valence-corrected chi connectivity index (χ1v) is 9.19. The third-order valence-corrected chi connectivity index (χ3v) is 5.42. The monoisotopic (exact) mass is 383 g/mol. The standard InChI is InChI=1S/C21H22FN3O3/c1-25-11-23-17-9-12(3-5-18(17)25)21(27)24-20(13-7-15(26)8-13)16-10-14(22)4-6-19(16)28-2/h3-6,9-11,13,15,20,26H,7-8H2,1-2H3,(H,24,27)/t13?,15?,20-/m1/s1. The highest BCUT2D eigenvalue weighted by Crippen LogP contribution is 2.41. The largest absolute Gasteiger partial charge is 0.496 e. The van der Waals surface area contributed by atoms with Gasteiger partial charge in [-0.3, -0.25) is 4.79 Å². The van der Waals surface area contributed by atoms with E-state index in [0.717, 1.165) is 11.0 Å². The molecule has 0 saturated heterocycles. The summed E-state index contributed by atoms with van der Waals surface area (Å²) < 4.78 is 21.2. The number of fused-ring (bicyclic) bond motifs is 1. The molecule has 6 nitrogen and oxygen atoms in total. The lowest BCUT2D eigenvalue weighted by Gasteiger charge is -2.38. The van der Waals surface area contributed by atoms with Crippen LogP contribution in [0.25, 0.3) is 11.0 Å². The zero-order chi connectivity index (χ0) is 19.8. The highest BCUT2D eigenvalue weighted by molar-refractivity contribution is 5.97. The van der Waals surface area contributed by atoms with E-state index in [4.69, 9.17) is 4.74 Å². The summed E-state index contributed by atoms with van der Waals surface area (Å²) >= 11 is 0. The summed E-state index contributed by atoms with van der Waals surface area (Å²) in [5, 5.41) is 12.8. The lowest BCUT2D eigenvalue weighted by molar-refractivity contribution is 0.0231. The average molecular weight is 383 g/mol. The Morgan fingerprint density at radius 1 is 1.32 bits per heavy atom. The Bertz CT molecular complexity index is 1030. The maximum Gasteiger partial charge on any atom is 0.251 e. The number of hydrogen-bond donors (Lipinski definition) is 2. The van der Waals surface area contributed by atoms with Crippen LogP contribution in [-0.2, 0) is 7.05 Å². The molecular formula is C21H22FN3O3. The quantitative estimate of drug-likeness (QED) is 0.710. The Balaban J connectivity index is 1.65. The molecule has 0 bridgehead atoms. The van der Waals surface area contributed by atoms with E-state index in [1.54, 1.807) is 24.5 Å². The molecule has 7 heteroatoms. The summed E-state index contributed by atoms with van der Waals surface area (Å²) in [4.78, 5) is 17.2. The van der Waals surface area contributed by atoms with Crippen LogP contribution in [0.1, 0.15) is 34.8 Å². The van der Waals surface area contributed by atoms with E-state index in [1.807, 2.05) is 17.7 Å². The minimum atomic E-state index is -0.457. The minimum Gasteiger partial charge on any atom is -0.496 e. The number of benzene rings is 2. The average Bonchev–Trinajstić information content (AvgIpc) is 3.04. The van der Waals surface area contributed by atoms with Gasteiger partial charge in [-0.2, -0.15) is 0 Å². The molecule has 1 heterocycles. The molecule has 1 aliphatic rings. The first-order chi connectivity index (χ1) is 13.5. The number of hydrogen-bond acceptors (Lipinski definition) is 4. The van der Waals surface area contributed by atoms with Gasteiger partial charge in [-0.05, 0) is 55.2 Å². The first kappa shape index (κ1) is 18.4. The van der Waals surface area contributed by atoms with Gasteiger partial charge in [0.25, 0.3) is 5.91 Å². The van der Waals surface area contributed by atoms with E-state index in [2.05, 4.69) is 10.3 Å². The molecule has 1 fully saturated rings. The van der Waals surface area contributed by atoms with Crippen LogP contribution in [0, 0.1) is 11.7 Å². The number of nitrogens with one attached hydrogen (secondary N) is 1. The molecule has 1 aromatic heterocycles. The second-order valence-corrected chi connectivity index (χ2v) is 7.28. The van der Waals surface area contributed by atoms with Crippen LogP contribution in [0.4, 0.5) is 4.39 Å². The van der Waals surface area contributed by atoms with Gasteiger partial charge >= 0.3 is 0 Å². The zero-order valence-electron chi connectivity index (χ0n) is 15.7. The van der Waals surface area contributed by atoms with E-state index in [-0.39, 0.29) is 11.8 Å². The van der Waals surface area contributed by atoms with Crippen molar-refractivity contribution in [1.82, 2.24) is 14.9 Å². The van der Waals surface area contributed by atoms with E-state index in [9.17, 15) is 14.3 Å². The van der Waals surface area contributed by atoms with Gasteiger partial charge < -0.3 is 19.7 Å². The summed E-state index contributed by atoms with van der Waals surface area (Å²) in [6.07, 6.45) is 2.39. The number of nitrogens with zero attached hydrogens (tertiary/aromatic N) is 2. The SMILES string of the molecule is COc1ccc(F)cc1[C@H](NC(=O)c1ccc2c(c1)ncn2C)C1CC(O)C1. The molecule has 28 heavy (non-hydrogen) atoms. The van der Waals surface area contributed by atoms with E-state index in [1.165, 1.54) is 19.2 Å². The van der Waals surface area contributed by atoms with Gasteiger partial charge in [-0.25, -0.2) is 9.37 Å². The van der Waals surface area contributed by atoms with Crippen LogP contribution in [0.2, 0.25) is 0 Å². The summed E-state index contributed by atoms with van der Waals surface area (Å²) in [5.74, 6) is -0.156. The van der Waals surface area contributed by atoms with Crippen molar-refractivity contribution in [3.8, 4) is 5.75 Å². The van der Waals surface area contributed by atoms with Crippen LogP contribution < -0.4 is 10.1 Å². The lowest BCUT2D eigenvalue weighted by Crippen LogP contribution is -2.41. The summed E-state index contributed by atoms with van der Waals surface area (Å²) in [5.41, 5.74) is 2.72. The second-order valence-electron chi connectivity index (χ2n) is 7.28. The van der Waals surface area contributed by atoms with Gasteiger partial charge in [0.2, 0.25) is 0 Å². The van der Waals surface area contributed by atoms with Crippen molar-refractivity contribution < 1.29 is 19.0 Å². The predicted molar refractivity (Wildman–Crippen MR) is 103 cm³/mol. The highest BCUT2D eigenvalue weighted by atomic mass is 19.1. The van der Waals surface area contributed by atoms with Gasteiger partial charge in [0.1, 0.15) is 11.6 Å². The summed E-state index contributed by atoms with van der Waals surface area (Å²) in [6, 6.07) is 9.14. The van der Waals surface area contributed by atoms with E-state index < -0.39 is 18.0 Å². The van der Waals surface area contributed by atoms with Crippen molar-refractivity contribution in [2.45, 2.75) is 25.0 Å². The fourth-order valence-electron chi connectivity index (χ4n) is 3.80. The van der Waals surface area contributed by atoms with Gasteiger partial charge in [-0.15, -0.1) is 0 Å². The molecule has 0 radical (unpaired) electrons. The Kier molecular flexibility index (Phi) is 4.77. The summed E-state index contributed by atoms with van der Waals surface area (Å²) in [6.45, 7) is 0. The Hall–Kier alpha value is -2.93. The number of carbonyl (C=O) groups excluding carboxylic acids is 1. The van der Waals surface area contributed by atoms with E-state index in [0.29, 0.717) is 29.7 Å². The predicted octanol–water partition coefficient (Wildman–Crippen LogP) is 2.96. The molecule has 4 rings (SSSR count). The third-order valence-electron chi connectivity index (χ3n) is 5.42. The van der Waals surface area contributed by atoms with Gasteiger partial charge in [0.15, 0.2) is 0 Å². The third kappa shape index (κ3) is 3.33. The van der Waals surface area contributed by atoms with Crippen LogP contribution in [0.3, 0.4) is 0 Å². The molecule has 3 aromatic rings. The molecule has 1 amide bonds. The normalized spacial score (nSPS) is 19.9. The minimum absolute atomic E-state index is 0.00762. The lowest BCUT2D eigenvalue weighted by atomic mass is 9.74. The molecule has 0 aliphatic heterocycles. The number of amides is 1.